The van der Waals surface area contributed by atoms with Crippen LogP contribution in [-0.4, -0.2) is 58.1 Å². The van der Waals surface area contributed by atoms with Crippen molar-refractivity contribution < 1.29 is 23.5 Å². The van der Waals surface area contributed by atoms with Gasteiger partial charge >= 0.3 is 6.03 Å². The van der Waals surface area contributed by atoms with Gasteiger partial charge in [0, 0.05) is 29.9 Å². The van der Waals surface area contributed by atoms with Crippen LogP contribution in [0.25, 0.3) is 22.4 Å². The number of ether oxygens (including phenoxy) is 1. The number of H-pyrrole nitrogens is 1. The molecule has 1 saturated heterocycles. The van der Waals surface area contributed by atoms with E-state index in [1.54, 1.807) is 54.7 Å². The number of rotatable bonds is 5. The van der Waals surface area contributed by atoms with E-state index >= 15 is 0 Å². The van der Waals surface area contributed by atoms with Crippen LogP contribution < -0.4 is 15.4 Å². The lowest BCUT2D eigenvalue weighted by atomic mass is 9.92. The number of fused-ring (bicyclic) bond motifs is 2. The first kappa shape index (κ1) is 20.9. The van der Waals surface area contributed by atoms with E-state index in [1.807, 2.05) is 6.07 Å². The van der Waals surface area contributed by atoms with Gasteiger partial charge in [-0.2, -0.15) is 5.10 Å². The Morgan fingerprint density at radius 3 is 2.80 bits per heavy atom. The van der Waals surface area contributed by atoms with Gasteiger partial charge in [0.25, 0.3) is 11.8 Å². The molecule has 1 fully saturated rings. The molecule has 0 saturated carbocycles. The third kappa shape index (κ3) is 3.31. The van der Waals surface area contributed by atoms with Crippen LogP contribution >= 0.6 is 0 Å². The van der Waals surface area contributed by atoms with Gasteiger partial charge in [-0.3, -0.25) is 20.0 Å². The van der Waals surface area contributed by atoms with Gasteiger partial charge in [0.05, 0.1) is 25.5 Å². The molecule has 2 aliphatic heterocycles. The number of aromatic amines is 1. The fraction of sp³-hybridized carbons (Fsp3) is 0.208. The fourth-order valence-corrected chi connectivity index (χ4v) is 4.62. The number of imide groups is 1. The summed E-state index contributed by atoms with van der Waals surface area (Å²) in [5, 5.41) is 11.7. The minimum atomic E-state index is -1.59. The van der Waals surface area contributed by atoms with Gasteiger partial charge in [-0.1, -0.05) is 0 Å². The van der Waals surface area contributed by atoms with Crippen molar-refractivity contribution in [1.82, 2.24) is 30.7 Å². The first-order chi connectivity index (χ1) is 17.0. The first-order valence-corrected chi connectivity index (χ1v) is 11.0. The van der Waals surface area contributed by atoms with E-state index in [2.05, 4.69) is 25.8 Å². The Balaban J connectivity index is 1.38. The maximum Gasteiger partial charge on any atom is 0.322 e. The summed E-state index contributed by atoms with van der Waals surface area (Å²) in [4.78, 5) is 44.8. The molecule has 11 nitrogen and oxygen atoms in total. The van der Waals surface area contributed by atoms with Gasteiger partial charge in [0.2, 0.25) is 0 Å². The normalized spacial score (nSPS) is 19.6. The standard InChI is InChI=1S/C24H20N6O5/c1-34-15-2-3-16-13(8-15)6-7-30(21(16)31)12-24(22(32)28-23(33)29-24)20-9-18-19(35-20)5-4-17(27-18)14-10-25-26-11-14/h2-5,8-11H,6-7,12H2,1H3,(H,25,26)(H2,28,29,32,33). The van der Waals surface area contributed by atoms with E-state index in [4.69, 9.17) is 9.15 Å². The summed E-state index contributed by atoms with van der Waals surface area (Å²) < 4.78 is 11.3. The number of carbonyl (C=O) groups excluding carboxylic acids is 3. The van der Waals surface area contributed by atoms with Crippen LogP contribution in [0, 0.1) is 0 Å². The predicted octanol–water partition coefficient (Wildman–Crippen LogP) is 1.96. The van der Waals surface area contributed by atoms with Crippen LogP contribution in [0.15, 0.2) is 53.2 Å². The topological polar surface area (TPSA) is 142 Å². The van der Waals surface area contributed by atoms with Gasteiger partial charge in [-0.05, 0) is 42.3 Å². The summed E-state index contributed by atoms with van der Waals surface area (Å²) in [6, 6.07) is 9.77. The maximum absolute atomic E-state index is 13.3. The number of benzene rings is 1. The van der Waals surface area contributed by atoms with E-state index in [0.29, 0.717) is 41.1 Å². The Kier molecular flexibility index (Phi) is 4.59. The lowest BCUT2D eigenvalue weighted by molar-refractivity contribution is -0.125. The lowest BCUT2D eigenvalue weighted by Crippen LogP contribution is -2.55. The third-order valence-electron chi connectivity index (χ3n) is 6.44. The zero-order chi connectivity index (χ0) is 24.2. The van der Waals surface area contributed by atoms with Crippen molar-refractivity contribution in [2.45, 2.75) is 12.0 Å². The summed E-state index contributed by atoms with van der Waals surface area (Å²) in [5.74, 6) is 0.0399. The average molecular weight is 472 g/mol. The van der Waals surface area contributed by atoms with Gasteiger partial charge < -0.3 is 19.4 Å². The second-order valence-electron chi connectivity index (χ2n) is 8.49. The molecule has 176 valence electrons. The summed E-state index contributed by atoms with van der Waals surface area (Å²) in [5.41, 5.74) is 2.24. The summed E-state index contributed by atoms with van der Waals surface area (Å²) in [6.07, 6.45) is 3.95. The molecule has 2 aliphatic rings. The van der Waals surface area contributed by atoms with Crippen LogP contribution in [0.5, 0.6) is 5.75 Å². The minimum Gasteiger partial charge on any atom is -0.497 e. The molecular formula is C24H20N6O5. The number of pyridine rings is 1. The van der Waals surface area contributed by atoms with Gasteiger partial charge in [-0.25, -0.2) is 9.78 Å². The second-order valence-corrected chi connectivity index (χ2v) is 8.49. The summed E-state index contributed by atoms with van der Waals surface area (Å²) >= 11 is 0. The van der Waals surface area contributed by atoms with Crippen molar-refractivity contribution in [2.24, 2.45) is 0 Å². The van der Waals surface area contributed by atoms with E-state index in [9.17, 15) is 14.4 Å². The highest BCUT2D eigenvalue weighted by Gasteiger charge is 2.52. The van der Waals surface area contributed by atoms with E-state index < -0.39 is 17.5 Å². The average Bonchev–Trinajstić information content (AvgIpc) is 3.60. The molecule has 0 spiro atoms. The number of methoxy groups -OCH3 is 1. The van der Waals surface area contributed by atoms with Gasteiger partial charge in [-0.15, -0.1) is 0 Å². The predicted molar refractivity (Wildman–Crippen MR) is 123 cm³/mol. The van der Waals surface area contributed by atoms with Gasteiger partial charge in [0.1, 0.15) is 17.0 Å². The Morgan fingerprint density at radius 2 is 2.06 bits per heavy atom. The molecule has 6 rings (SSSR count). The molecule has 35 heavy (non-hydrogen) atoms. The molecule has 1 unspecified atom stereocenters. The Morgan fingerprint density at radius 1 is 1.17 bits per heavy atom. The number of urea groups is 1. The summed E-state index contributed by atoms with van der Waals surface area (Å²) in [7, 11) is 1.57. The largest absolute Gasteiger partial charge is 0.497 e. The third-order valence-corrected chi connectivity index (χ3v) is 6.44. The molecule has 3 aromatic heterocycles. The number of nitrogens with zero attached hydrogens (tertiary/aromatic N) is 3. The number of hydrogen-bond donors (Lipinski definition) is 3. The SMILES string of the molecule is COc1ccc2c(c1)CCN(CC1(c3cc4nc(-c5cn[nH]c5)ccc4o3)NC(=O)NC1=O)C2=O. The number of furan rings is 1. The van der Waals surface area contributed by atoms with Crippen molar-refractivity contribution in [3.8, 4) is 17.0 Å². The minimum absolute atomic E-state index is 0.0940. The van der Waals surface area contributed by atoms with Crippen molar-refractivity contribution in [3.63, 3.8) is 0 Å². The number of amides is 4. The lowest BCUT2D eigenvalue weighted by Gasteiger charge is -2.34. The molecule has 5 heterocycles. The van der Waals surface area contributed by atoms with E-state index in [-0.39, 0.29) is 18.2 Å². The zero-order valence-electron chi connectivity index (χ0n) is 18.6. The molecule has 11 heteroatoms. The molecule has 0 bridgehead atoms. The Labute approximate surface area is 198 Å². The van der Waals surface area contributed by atoms with Crippen LogP contribution in [0.3, 0.4) is 0 Å². The molecule has 1 atom stereocenters. The fourth-order valence-electron chi connectivity index (χ4n) is 4.62. The molecule has 3 N–H and O–H groups in total. The summed E-state index contributed by atoms with van der Waals surface area (Å²) in [6.45, 7) is 0.274. The first-order valence-electron chi connectivity index (χ1n) is 11.0. The van der Waals surface area contributed by atoms with Crippen LogP contribution in [0.2, 0.25) is 0 Å². The highest BCUT2D eigenvalue weighted by Crippen LogP contribution is 2.34. The highest BCUT2D eigenvalue weighted by atomic mass is 16.5. The number of hydrogen-bond acceptors (Lipinski definition) is 7. The molecule has 0 radical (unpaired) electrons. The van der Waals surface area contributed by atoms with Crippen LogP contribution in [-0.2, 0) is 16.8 Å². The van der Waals surface area contributed by atoms with Crippen molar-refractivity contribution in [1.29, 1.82) is 0 Å². The van der Waals surface area contributed by atoms with E-state index in [1.165, 1.54) is 0 Å². The van der Waals surface area contributed by atoms with Crippen molar-refractivity contribution >= 4 is 28.9 Å². The molecule has 4 aromatic rings. The quantitative estimate of drug-likeness (QED) is 0.377. The zero-order valence-corrected chi connectivity index (χ0v) is 18.6. The van der Waals surface area contributed by atoms with E-state index in [0.717, 1.165) is 11.1 Å². The molecule has 0 aliphatic carbocycles. The smallest absolute Gasteiger partial charge is 0.322 e. The monoisotopic (exact) mass is 472 g/mol. The van der Waals surface area contributed by atoms with Crippen LogP contribution in [0.4, 0.5) is 4.79 Å². The Hall–Kier alpha value is -4.67. The van der Waals surface area contributed by atoms with Crippen molar-refractivity contribution in [2.75, 3.05) is 20.2 Å². The number of carbonyl (C=O) groups is 3. The van der Waals surface area contributed by atoms with Crippen molar-refractivity contribution in [3.05, 3.63) is 65.7 Å². The maximum atomic E-state index is 13.3. The second kappa shape index (κ2) is 7.69. The van der Waals surface area contributed by atoms with Crippen LogP contribution in [0.1, 0.15) is 21.7 Å². The van der Waals surface area contributed by atoms with Gasteiger partial charge in [0.15, 0.2) is 11.1 Å². The number of aromatic nitrogens is 3. The highest BCUT2D eigenvalue weighted by molar-refractivity contribution is 6.08. The molecular weight excluding hydrogens is 452 g/mol. The molecule has 1 aromatic carbocycles. The number of nitrogens with one attached hydrogen (secondary N) is 3. The molecule has 4 amide bonds. The Bertz CT molecular complexity index is 1490.